The van der Waals surface area contributed by atoms with Gasteiger partial charge < -0.3 is 11.1 Å². The van der Waals surface area contributed by atoms with Crippen LogP contribution in [0.1, 0.15) is 23.1 Å². The molecule has 2 aliphatic heterocycles. The Kier molecular flexibility index (Phi) is 3.68. The Morgan fingerprint density at radius 2 is 2.21 bits per heavy atom. The van der Waals surface area contributed by atoms with E-state index in [1.54, 1.807) is 0 Å². The smallest absolute Gasteiger partial charge is 0.104 e. The number of rotatable bonds is 2. The zero-order valence-corrected chi connectivity index (χ0v) is 12.1. The lowest BCUT2D eigenvalue weighted by Crippen LogP contribution is -2.42. The SMILES string of the molecule is CC1=Cc2sc(CN3CCNCC3)cc2N=C(N)C1. The highest BCUT2D eigenvalue weighted by molar-refractivity contribution is 7.13. The molecule has 5 heteroatoms. The second-order valence-electron chi connectivity index (χ2n) is 5.26. The van der Waals surface area contributed by atoms with Gasteiger partial charge in [0.15, 0.2) is 0 Å². The van der Waals surface area contributed by atoms with Crippen molar-refractivity contribution in [2.45, 2.75) is 19.9 Å². The second kappa shape index (κ2) is 5.45. The molecule has 1 aromatic rings. The van der Waals surface area contributed by atoms with E-state index in [1.807, 2.05) is 11.3 Å². The van der Waals surface area contributed by atoms with Crippen molar-refractivity contribution in [3.63, 3.8) is 0 Å². The van der Waals surface area contributed by atoms with Gasteiger partial charge in [-0.2, -0.15) is 0 Å². The fourth-order valence-electron chi connectivity index (χ4n) is 2.56. The molecule has 1 aromatic heterocycles. The zero-order chi connectivity index (χ0) is 13.2. The first-order chi connectivity index (χ1) is 9.20. The highest BCUT2D eigenvalue weighted by atomic mass is 32.1. The van der Waals surface area contributed by atoms with Crippen LogP contribution in [0, 0.1) is 0 Å². The van der Waals surface area contributed by atoms with Crippen LogP contribution in [0.5, 0.6) is 0 Å². The predicted molar refractivity (Wildman–Crippen MR) is 82.0 cm³/mol. The highest BCUT2D eigenvalue weighted by Gasteiger charge is 2.15. The van der Waals surface area contributed by atoms with E-state index in [-0.39, 0.29) is 0 Å². The van der Waals surface area contributed by atoms with Gasteiger partial charge in [0.05, 0.1) is 10.6 Å². The summed E-state index contributed by atoms with van der Waals surface area (Å²) in [6.45, 7) is 7.59. The Morgan fingerprint density at radius 1 is 1.42 bits per heavy atom. The van der Waals surface area contributed by atoms with Crippen molar-refractivity contribution in [2.75, 3.05) is 26.2 Å². The number of hydrogen-bond donors (Lipinski definition) is 2. The molecule has 0 aromatic carbocycles. The van der Waals surface area contributed by atoms with Gasteiger partial charge in [-0.15, -0.1) is 11.3 Å². The summed E-state index contributed by atoms with van der Waals surface area (Å²) in [4.78, 5) is 9.65. The molecule has 1 saturated heterocycles. The molecule has 0 bridgehead atoms. The van der Waals surface area contributed by atoms with E-state index in [9.17, 15) is 0 Å². The van der Waals surface area contributed by atoms with E-state index in [1.165, 1.54) is 15.3 Å². The average molecular weight is 276 g/mol. The number of nitrogens with two attached hydrogens (primary N) is 1. The van der Waals surface area contributed by atoms with Gasteiger partial charge in [-0.3, -0.25) is 4.90 Å². The van der Waals surface area contributed by atoms with Crippen molar-refractivity contribution in [1.29, 1.82) is 0 Å². The molecule has 0 atom stereocenters. The number of aliphatic imine (C=N–C) groups is 1. The summed E-state index contributed by atoms with van der Waals surface area (Å²) in [6.07, 6.45) is 3.01. The lowest BCUT2D eigenvalue weighted by atomic mass is 10.2. The molecule has 3 heterocycles. The Labute approximate surface area is 118 Å². The summed E-state index contributed by atoms with van der Waals surface area (Å²) in [5.41, 5.74) is 8.26. The molecule has 0 radical (unpaired) electrons. The third-order valence-electron chi connectivity index (χ3n) is 3.48. The third-order valence-corrected chi connectivity index (χ3v) is 4.54. The van der Waals surface area contributed by atoms with Crippen LogP contribution in [0.3, 0.4) is 0 Å². The fourth-order valence-corrected chi connectivity index (χ4v) is 3.73. The Bertz CT molecular complexity index is 488. The van der Waals surface area contributed by atoms with E-state index >= 15 is 0 Å². The first-order valence-corrected chi connectivity index (χ1v) is 7.58. The minimum Gasteiger partial charge on any atom is -0.387 e. The number of fused-ring (bicyclic) bond motifs is 1. The summed E-state index contributed by atoms with van der Waals surface area (Å²) >= 11 is 1.85. The Morgan fingerprint density at radius 3 is 3.00 bits per heavy atom. The van der Waals surface area contributed by atoms with E-state index in [2.05, 4.69) is 34.3 Å². The molecular weight excluding hydrogens is 256 g/mol. The van der Waals surface area contributed by atoms with Crippen molar-refractivity contribution in [3.8, 4) is 0 Å². The summed E-state index contributed by atoms with van der Waals surface area (Å²) in [5.74, 6) is 0.721. The summed E-state index contributed by atoms with van der Waals surface area (Å²) in [5, 5.41) is 3.38. The van der Waals surface area contributed by atoms with Gasteiger partial charge in [-0.25, -0.2) is 4.99 Å². The van der Waals surface area contributed by atoms with Gasteiger partial charge in [0.1, 0.15) is 5.84 Å². The lowest BCUT2D eigenvalue weighted by molar-refractivity contribution is 0.235. The van der Waals surface area contributed by atoms with E-state index in [4.69, 9.17) is 5.73 Å². The lowest BCUT2D eigenvalue weighted by Gasteiger charge is -2.26. The predicted octanol–water partition coefficient (Wildman–Crippen LogP) is 1.95. The fraction of sp³-hybridized carbons (Fsp3) is 0.500. The highest BCUT2D eigenvalue weighted by Crippen LogP contribution is 2.34. The topological polar surface area (TPSA) is 53.6 Å². The van der Waals surface area contributed by atoms with Crippen LogP contribution in [0.15, 0.2) is 16.6 Å². The van der Waals surface area contributed by atoms with Crippen LogP contribution in [-0.4, -0.2) is 36.9 Å². The number of nitrogens with zero attached hydrogens (tertiary/aromatic N) is 2. The van der Waals surface area contributed by atoms with Crippen LogP contribution in [-0.2, 0) is 6.54 Å². The Hall–Kier alpha value is -1.17. The first kappa shape index (κ1) is 12.8. The molecule has 102 valence electrons. The first-order valence-electron chi connectivity index (χ1n) is 6.77. The summed E-state index contributed by atoms with van der Waals surface area (Å²) in [6, 6.07) is 2.20. The molecule has 2 aliphatic rings. The van der Waals surface area contributed by atoms with Crippen LogP contribution in [0.25, 0.3) is 6.08 Å². The molecule has 1 fully saturated rings. The maximum absolute atomic E-state index is 5.93. The third kappa shape index (κ3) is 3.05. The van der Waals surface area contributed by atoms with Crippen LogP contribution in [0.2, 0.25) is 0 Å². The maximum atomic E-state index is 5.93. The number of nitrogens with one attached hydrogen (secondary N) is 1. The quantitative estimate of drug-likeness (QED) is 0.868. The van der Waals surface area contributed by atoms with Crippen molar-refractivity contribution >= 4 is 28.9 Å². The van der Waals surface area contributed by atoms with E-state index in [0.717, 1.165) is 50.7 Å². The number of hydrogen-bond acceptors (Lipinski definition) is 5. The van der Waals surface area contributed by atoms with Crippen LogP contribution < -0.4 is 11.1 Å². The van der Waals surface area contributed by atoms with Crippen molar-refractivity contribution in [3.05, 3.63) is 21.4 Å². The Balaban J connectivity index is 1.80. The molecule has 3 N–H and O–H groups in total. The molecule has 0 saturated carbocycles. The van der Waals surface area contributed by atoms with Crippen LogP contribution in [0.4, 0.5) is 5.69 Å². The normalized spacial score (nSPS) is 20.5. The summed E-state index contributed by atoms with van der Waals surface area (Å²) in [7, 11) is 0. The van der Waals surface area contributed by atoms with Crippen molar-refractivity contribution in [1.82, 2.24) is 10.2 Å². The minimum atomic E-state index is 0.721. The number of piperazine rings is 1. The maximum Gasteiger partial charge on any atom is 0.104 e. The molecule has 0 spiro atoms. The number of amidine groups is 1. The number of thiophene rings is 1. The van der Waals surface area contributed by atoms with Crippen molar-refractivity contribution in [2.24, 2.45) is 10.7 Å². The summed E-state index contributed by atoms with van der Waals surface area (Å²) < 4.78 is 0. The molecular formula is C14H20N4S. The molecule has 0 amide bonds. The van der Waals surface area contributed by atoms with Gasteiger partial charge >= 0.3 is 0 Å². The molecule has 0 unspecified atom stereocenters. The van der Waals surface area contributed by atoms with Crippen LogP contribution >= 0.6 is 11.3 Å². The van der Waals surface area contributed by atoms with Gasteiger partial charge in [0.25, 0.3) is 0 Å². The zero-order valence-electron chi connectivity index (χ0n) is 11.3. The standard InChI is InChI=1S/C14H20N4S/c1-10-6-13-12(17-14(15)7-10)8-11(19-13)9-18-4-2-16-3-5-18/h6,8,16H,2-5,7,9H2,1H3,(H2,15,17). The average Bonchev–Trinajstić information content (AvgIpc) is 2.65. The largest absolute Gasteiger partial charge is 0.387 e. The minimum absolute atomic E-state index is 0.721. The molecule has 3 rings (SSSR count). The van der Waals surface area contributed by atoms with Gasteiger partial charge in [-0.05, 0) is 19.1 Å². The van der Waals surface area contributed by atoms with Gasteiger partial charge in [0, 0.05) is 44.0 Å². The molecule has 4 nitrogen and oxygen atoms in total. The monoisotopic (exact) mass is 276 g/mol. The van der Waals surface area contributed by atoms with E-state index in [0.29, 0.717) is 0 Å². The van der Waals surface area contributed by atoms with Crippen molar-refractivity contribution < 1.29 is 0 Å². The van der Waals surface area contributed by atoms with Gasteiger partial charge in [0.2, 0.25) is 0 Å². The van der Waals surface area contributed by atoms with Gasteiger partial charge in [-0.1, -0.05) is 5.57 Å². The second-order valence-corrected chi connectivity index (χ2v) is 6.43. The molecule has 0 aliphatic carbocycles. The molecule has 19 heavy (non-hydrogen) atoms. The van der Waals surface area contributed by atoms with E-state index < -0.39 is 0 Å².